The molecule has 0 unspecified atom stereocenters. The summed E-state index contributed by atoms with van der Waals surface area (Å²) in [5.41, 5.74) is 9.66. The van der Waals surface area contributed by atoms with Crippen molar-refractivity contribution in [1.29, 1.82) is 5.41 Å². The fraction of sp³-hybridized carbons (Fsp3) is 0.526. The first-order chi connectivity index (χ1) is 12.0. The van der Waals surface area contributed by atoms with Gasteiger partial charge >= 0.3 is 0 Å². The Morgan fingerprint density at radius 1 is 1.44 bits per heavy atom. The Balaban J connectivity index is 1.81. The molecule has 1 aliphatic heterocycles. The van der Waals surface area contributed by atoms with Crippen LogP contribution in [0, 0.1) is 17.1 Å². The Bertz CT molecular complexity index is 825. The third-order valence-electron chi connectivity index (χ3n) is 5.84. The van der Waals surface area contributed by atoms with Crippen molar-refractivity contribution >= 4 is 22.4 Å². The van der Waals surface area contributed by atoms with Crippen LogP contribution in [-0.4, -0.2) is 41.4 Å². The minimum Gasteiger partial charge on any atom is -0.386 e. The number of aromatic nitrogens is 1. The number of benzene rings is 1. The largest absolute Gasteiger partial charge is 0.386 e. The summed E-state index contributed by atoms with van der Waals surface area (Å²) in [7, 11) is 1.79. The van der Waals surface area contributed by atoms with Crippen LogP contribution >= 0.6 is 0 Å². The van der Waals surface area contributed by atoms with Gasteiger partial charge in [-0.2, -0.15) is 0 Å². The lowest BCUT2D eigenvalue weighted by Crippen LogP contribution is -2.44. The highest BCUT2D eigenvalue weighted by Crippen LogP contribution is 2.39. The molecule has 3 atom stereocenters. The number of nitrogens with zero attached hydrogens (tertiary/aromatic N) is 1. The van der Waals surface area contributed by atoms with Crippen molar-refractivity contribution in [3.05, 3.63) is 29.2 Å². The van der Waals surface area contributed by atoms with Gasteiger partial charge in [0.1, 0.15) is 11.7 Å². The van der Waals surface area contributed by atoms with Crippen LogP contribution in [0.15, 0.2) is 12.1 Å². The number of fused-ring (bicyclic) bond motifs is 3. The maximum Gasteiger partial charge on any atom is 0.130 e. The van der Waals surface area contributed by atoms with E-state index >= 15 is 0 Å². The molecule has 1 aliphatic carbocycles. The van der Waals surface area contributed by atoms with Gasteiger partial charge in [0.15, 0.2) is 0 Å². The SMILES string of the molecule is CCCc1[nH]c2c(NC)cc(F)cc2c1C(=N)N1C[C@H]2C[C@@H]1C[C@H]2N. The van der Waals surface area contributed by atoms with Crippen molar-refractivity contribution in [2.75, 3.05) is 18.9 Å². The number of hydrogen-bond acceptors (Lipinski definition) is 3. The van der Waals surface area contributed by atoms with E-state index in [2.05, 4.69) is 22.1 Å². The number of hydrogen-bond donors (Lipinski definition) is 4. The van der Waals surface area contributed by atoms with Gasteiger partial charge in [0.2, 0.25) is 0 Å². The number of aryl methyl sites for hydroxylation is 1. The minimum atomic E-state index is -0.280. The van der Waals surface area contributed by atoms with Crippen molar-refractivity contribution in [2.24, 2.45) is 11.7 Å². The van der Waals surface area contributed by atoms with Gasteiger partial charge in [-0.15, -0.1) is 0 Å². The number of rotatable bonds is 4. The maximum absolute atomic E-state index is 14.1. The molecule has 1 saturated heterocycles. The van der Waals surface area contributed by atoms with Crippen LogP contribution in [0.5, 0.6) is 0 Å². The van der Waals surface area contributed by atoms with E-state index in [4.69, 9.17) is 11.1 Å². The van der Waals surface area contributed by atoms with Gasteiger partial charge in [-0.25, -0.2) is 4.39 Å². The third kappa shape index (κ3) is 2.51. The second-order valence-electron chi connectivity index (χ2n) is 7.40. The summed E-state index contributed by atoms with van der Waals surface area (Å²) < 4.78 is 14.1. The third-order valence-corrected chi connectivity index (χ3v) is 5.84. The normalized spacial score (nSPS) is 25.1. The average Bonchev–Trinajstić information content (AvgIpc) is 3.25. The van der Waals surface area contributed by atoms with Crippen LogP contribution in [0.1, 0.15) is 37.4 Å². The summed E-state index contributed by atoms with van der Waals surface area (Å²) in [6, 6.07) is 3.67. The number of halogens is 1. The van der Waals surface area contributed by atoms with E-state index in [1.165, 1.54) is 6.07 Å². The fourth-order valence-corrected chi connectivity index (χ4v) is 4.63. The molecule has 1 saturated carbocycles. The van der Waals surface area contributed by atoms with E-state index in [0.717, 1.165) is 60.1 Å². The quantitative estimate of drug-likeness (QED) is 0.509. The zero-order chi connectivity index (χ0) is 17.7. The van der Waals surface area contributed by atoms with Crippen molar-refractivity contribution in [3.8, 4) is 0 Å². The monoisotopic (exact) mass is 343 g/mol. The number of piperidine rings is 1. The number of anilines is 1. The van der Waals surface area contributed by atoms with Crippen LogP contribution in [0.4, 0.5) is 10.1 Å². The first-order valence-electron chi connectivity index (χ1n) is 9.16. The topological polar surface area (TPSA) is 80.9 Å². The van der Waals surface area contributed by atoms with Gasteiger partial charge in [0.05, 0.1) is 11.2 Å². The summed E-state index contributed by atoms with van der Waals surface area (Å²) in [4.78, 5) is 5.63. The predicted octanol–water partition coefficient (Wildman–Crippen LogP) is 3.05. The Morgan fingerprint density at radius 2 is 2.24 bits per heavy atom. The molecular weight excluding hydrogens is 317 g/mol. The van der Waals surface area contributed by atoms with E-state index in [9.17, 15) is 4.39 Å². The second-order valence-corrected chi connectivity index (χ2v) is 7.40. The Labute approximate surface area is 147 Å². The lowest BCUT2D eigenvalue weighted by atomic mass is 10.0. The molecule has 134 valence electrons. The first-order valence-corrected chi connectivity index (χ1v) is 9.16. The van der Waals surface area contributed by atoms with Gasteiger partial charge in [-0.05, 0) is 37.3 Å². The highest BCUT2D eigenvalue weighted by Gasteiger charge is 2.44. The van der Waals surface area contributed by atoms with E-state index in [1.807, 2.05) is 0 Å². The molecular formula is C19H26FN5. The highest BCUT2D eigenvalue weighted by atomic mass is 19.1. The molecule has 5 N–H and O–H groups in total. The number of aromatic amines is 1. The average molecular weight is 343 g/mol. The minimum absolute atomic E-state index is 0.264. The standard InChI is InChI=1S/C19H26FN5/c1-3-4-15-17(13-6-11(20)7-16(23-2)18(13)24-15)19(22)25-9-10-5-12(25)8-14(10)21/h6-7,10,12,14,22-24H,3-5,8-9,21H2,1-2H3/t10-,12-,14-/m1/s1. The van der Waals surface area contributed by atoms with E-state index < -0.39 is 0 Å². The zero-order valence-corrected chi connectivity index (χ0v) is 14.8. The van der Waals surface area contributed by atoms with E-state index in [1.54, 1.807) is 13.1 Å². The maximum atomic E-state index is 14.1. The summed E-state index contributed by atoms with van der Waals surface area (Å²) in [5.74, 6) is 0.717. The molecule has 0 amide bonds. The number of amidine groups is 1. The van der Waals surface area contributed by atoms with Gasteiger partial charge in [0, 0.05) is 42.3 Å². The summed E-state index contributed by atoms with van der Waals surface area (Å²) in [6.07, 6.45) is 3.85. The van der Waals surface area contributed by atoms with Crippen LogP contribution in [0.25, 0.3) is 10.9 Å². The lowest BCUT2D eigenvalue weighted by Gasteiger charge is -2.32. The molecule has 0 radical (unpaired) electrons. The van der Waals surface area contributed by atoms with E-state index in [0.29, 0.717) is 17.8 Å². The van der Waals surface area contributed by atoms with Crippen molar-refractivity contribution in [2.45, 2.75) is 44.7 Å². The molecule has 2 aromatic rings. The molecule has 4 rings (SSSR count). The van der Waals surface area contributed by atoms with Crippen LogP contribution < -0.4 is 11.1 Å². The van der Waals surface area contributed by atoms with E-state index in [-0.39, 0.29) is 11.9 Å². The van der Waals surface area contributed by atoms with Crippen molar-refractivity contribution in [1.82, 2.24) is 9.88 Å². The second kappa shape index (κ2) is 6.02. The number of nitrogens with one attached hydrogen (secondary N) is 3. The molecule has 2 fully saturated rings. The molecule has 25 heavy (non-hydrogen) atoms. The Hall–Kier alpha value is -2.08. The predicted molar refractivity (Wildman–Crippen MR) is 99.8 cm³/mol. The molecule has 1 aromatic carbocycles. The van der Waals surface area contributed by atoms with Gasteiger partial charge in [0.25, 0.3) is 0 Å². The molecule has 0 spiro atoms. The molecule has 2 aliphatic rings. The molecule has 1 aromatic heterocycles. The zero-order valence-electron chi connectivity index (χ0n) is 14.8. The fourth-order valence-electron chi connectivity index (χ4n) is 4.63. The first kappa shape index (κ1) is 16.4. The van der Waals surface area contributed by atoms with Gasteiger partial charge < -0.3 is 20.9 Å². The smallest absolute Gasteiger partial charge is 0.130 e. The number of likely N-dealkylation sites (tertiary alicyclic amines) is 1. The van der Waals surface area contributed by atoms with Gasteiger partial charge in [-0.3, -0.25) is 5.41 Å². The Kier molecular flexibility index (Phi) is 3.95. The van der Waals surface area contributed by atoms with Crippen LogP contribution in [0.2, 0.25) is 0 Å². The summed E-state index contributed by atoms with van der Waals surface area (Å²) in [6.45, 7) is 2.96. The van der Waals surface area contributed by atoms with Crippen LogP contribution in [-0.2, 0) is 6.42 Å². The summed E-state index contributed by atoms with van der Waals surface area (Å²) >= 11 is 0. The number of H-pyrrole nitrogens is 1. The summed E-state index contributed by atoms with van der Waals surface area (Å²) in [5, 5.41) is 12.7. The highest BCUT2D eigenvalue weighted by molar-refractivity contribution is 6.12. The van der Waals surface area contributed by atoms with Crippen molar-refractivity contribution < 1.29 is 4.39 Å². The molecule has 2 heterocycles. The molecule has 6 heteroatoms. The lowest BCUT2D eigenvalue weighted by molar-refractivity contribution is 0.301. The number of nitrogens with two attached hydrogens (primary N) is 1. The van der Waals surface area contributed by atoms with Crippen molar-refractivity contribution in [3.63, 3.8) is 0 Å². The Morgan fingerprint density at radius 3 is 2.84 bits per heavy atom. The van der Waals surface area contributed by atoms with Crippen LogP contribution in [0.3, 0.4) is 0 Å². The molecule has 5 nitrogen and oxygen atoms in total. The van der Waals surface area contributed by atoms with Gasteiger partial charge in [-0.1, -0.05) is 13.3 Å². The molecule has 2 bridgehead atoms.